The third-order valence-corrected chi connectivity index (χ3v) is 7.61. The molecule has 2 N–H and O–H groups in total. The van der Waals surface area contributed by atoms with Crippen LogP contribution in [0.25, 0.3) is 11.4 Å². The predicted molar refractivity (Wildman–Crippen MR) is 116 cm³/mol. The highest BCUT2D eigenvalue weighted by molar-refractivity contribution is 7.98. The number of sulfonamides is 1. The second-order valence-corrected chi connectivity index (χ2v) is 9.45. The molecule has 1 aromatic heterocycles. The van der Waals surface area contributed by atoms with Gasteiger partial charge in [-0.3, -0.25) is 0 Å². The van der Waals surface area contributed by atoms with Gasteiger partial charge in [0.05, 0.1) is 4.90 Å². The third-order valence-electron chi connectivity index (χ3n) is 4.55. The Bertz CT molecular complexity index is 1090. The minimum atomic E-state index is -3.56. The first-order chi connectivity index (χ1) is 13.9. The van der Waals surface area contributed by atoms with Crippen molar-refractivity contribution < 1.29 is 8.42 Å². The number of aromatic nitrogens is 3. The Morgan fingerprint density at radius 3 is 2.48 bits per heavy atom. The Kier molecular flexibility index (Phi) is 6.61. The molecule has 7 nitrogen and oxygen atoms in total. The van der Waals surface area contributed by atoms with Crippen molar-refractivity contribution in [2.75, 3.05) is 18.9 Å². The summed E-state index contributed by atoms with van der Waals surface area (Å²) in [6.07, 6.45) is 0. The zero-order chi connectivity index (χ0) is 21.0. The van der Waals surface area contributed by atoms with Gasteiger partial charge in [-0.15, -0.1) is 10.2 Å². The number of rotatable bonds is 8. The zero-order valence-electron chi connectivity index (χ0n) is 16.7. The summed E-state index contributed by atoms with van der Waals surface area (Å²) in [7, 11) is -3.56. The molecule has 29 heavy (non-hydrogen) atoms. The number of thioether (sulfide) groups is 1. The number of hydrogen-bond donors (Lipinski definition) is 1. The van der Waals surface area contributed by atoms with Gasteiger partial charge in [-0.25, -0.2) is 13.1 Å². The third kappa shape index (κ3) is 4.63. The summed E-state index contributed by atoms with van der Waals surface area (Å²) in [6.45, 7) is 6.51. The number of nitrogens with two attached hydrogens (primary N) is 1. The Hall–Kier alpha value is -2.36. The first-order valence-electron chi connectivity index (χ1n) is 9.36. The van der Waals surface area contributed by atoms with Crippen LogP contribution in [0.2, 0.25) is 0 Å². The molecule has 3 rings (SSSR count). The van der Waals surface area contributed by atoms with Crippen LogP contribution in [0.5, 0.6) is 0 Å². The fourth-order valence-electron chi connectivity index (χ4n) is 3.03. The van der Waals surface area contributed by atoms with E-state index in [2.05, 4.69) is 35.3 Å². The molecule has 0 unspecified atom stereocenters. The largest absolute Gasteiger partial charge is 0.335 e. The molecule has 0 bridgehead atoms. The molecule has 0 amide bonds. The molecule has 2 aromatic carbocycles. The Balaban J connectivity index is 1.85. The Morgan fingerprint density at radius 2 is 1.79 bits per heavy atom. The maximum Gasteiger partial charge on any atom is 0.243 e. The van der Waals surface area contributed by atoms with E-state index in [0.29, 0.717) is 35.4 Å². The van der Waals surface area contributed by atoms with Gasteiger partial charge >= 0.3 is 0 Å². The highest BCUT2D eigenvalue weighted by Crippen LogP contribution is 2.26. The molecule has 0 atom stereocenters. The van der Waals surface area contributed by atoms with Crippen LogP contribution in [0.15, 0.2) is 58.6 Å². The van der Waals surface area contributed by atoms with Crippen molar-refractivity contribution in [2.24, 2.45) is 0 Å². The van der Waals surface area contributed by atoms with Crippen LogP contribution in [-0.2, 0) is 15.8 Å². The summed E-state index contributed by atoms with van der Waals surface area (Å²) in [6, 6.07) is 14.9. The first-order valence-corrected chi connectivity index (χ1v) is 11.8. The van der Waals surface area contributed by atoms with Gasteiger partial charge in [0.15, 0.2) is 5.82 Å². The summed E-state index contributed by atoms with van der Waals surface area (Å²) in [5.41, 5.74) is 2.98. The quantitative estimate of drug-likeness (QED) is 0.434. The first kappa shape index (κ1) is 21.4. The molecule has 1 heterocycles. The summed E-state index contributed by atoms with van der Waals surface area (Å²) in [5.74, 6) is 7.35. The van der Waals surface area contributed by atoms with Gasteiger partial charge in [-0.2, -0.15) is 4.31 Å². The minimum Gasteiger partial charge on any atom is -0.335 e. The van der Waals surface area contributed by atoms with Gasteiger partial charge in [0.25, 0.3) is 0 Å². The van der Waals surface area contributed by atoms with E-state index in [0.717, 1.165) is 0 Å². The maximum absolute atomic E-state index is 12.8. The van der Waals surface area contributed by atoms with E-state index in [9.17, 15) is 8.42 Å². The van der Waals surface area contributed by atoms with Crippen molar-refractivity contribution in [3.63, 3.8) is 0 Å². The van der Waals surface area contributed by atoms with E-state index in [4.69, 9.17) is 5.84 Å². The molecule has 154 valence electrons. The Morgan fingerprint density at radius 1 is 1.07 bits per heavy atom. The number of nitrogen functional groups attached to an aromatic ring is 1. The van der Waals surface area contributed by atoms with Gasteiger partial charge in [0.1, 0.15) is 0 Å². The Labute approximate surface area is 176 Å². The molecule has 3 aromatic rings. The van der Waals surface area contributed by atoms with E-state index in [1.807, 2.05) is 19.9 Å². The molecule has 0 aliphatic rings. The molecule has 0 radical (unpaired) electrons. The van der Waals surface area contributed by atoms with Crippen molar-refractivity contribution in [2.45, 2.75) is 36.6 Å². The summed E-state index contributed by atoms with van der Waals surface area (Å²) < 4.78 is 28.4. The summed E-state index contributed by atoms with van der Waals surface area (Å²) >= 11 is 1.48. The van der Waals surface area contributed by atoms with Crippen molar-refractivity contribution >= 4 is 21.8 Å². The number of aryl methyl sites for hydroxylation is 1. The molecule has 9 heteroatoms. The number of nitrogens with zero attached hydrogens (tertiary/aromatic N) is 4. The minimum absolute atomic E-state index is 0.218. The summed E-state index contributed by atoms with van der Waals surface area (Å²) in [4.78, 5) is 0.218. The van der Waals surface area contributed by atoms with Crippen molar-refractivity contribution in [1.82, 2.24) is 19.2 Å². The second-order valence-electron chi connectivity index (χ2n) is 6.57. The molecule has 0 fully saturated rings. The number of hydrogen-bond acceptors (Lipinski definition) is 6. The van der Waals surface area contributed by atoms with Crippen molar-refractivity contribution in [3.8, 4) is 11.4 Å². The lowest BCUT2D eigenvalue weighted by Crippen LogP contribution is -2.30. The van der Waals surface area contributed by atoms with Crippen molar-refractivity contribution in [1.29, 1.82) is 0 Å². The molecule has 0 saturated carbocycles. The van der Waals surface area contributed by atoms with Crippen molar-refractivity contribution in [3.05, 3.63) is 59.7 Å². The fourth-order valence-corrected chi connectivity index (χ4v) is 5.33. The van der Waals surface area contributed by atoms with Crippen LogP contribution >= 0.6 is 11.8 Å². The van der Waals surface area contributed by atoms with E-state index < -0.39 is 10.0 Å². The standard InChI is InChI=1S/C20H25N5O2S2/c1-4-24(5-2)29(26,27)18-11-7-10-17(13-18)19-22-23-20(25(19)21)28-14-16-9-6-8-15(3)12-16/h6-13H,4-5,14,21H2,1-3H3. The van der Waals surface area contributed by atoms with Gasteiger partial charge in [0, 0.05) is 24.4 Å². The average molecular weight is 432 g/mol. The van der Waals surface area contributed by atoms with Gasteiger partial charge in [-0.05, 0) is 24.6 Å². The van der Waals surface area contributed by atoms with Crippen LogP contribution in [0.1, 0.15) is 25.0 Å². The molecule has 0 aliphatic heterocycles. The zero-order valence-corrected chi connectivity index (χ0v) is 18.4. The van der Waals surface area contributed by atoms with E-state index in [-0.39, 0.29) is 4.90 Å². The van der Waals surface area contributed by atoms with Gasteiger partial charge in [-0.1, -0.05) is 67.6 Å². The predicted octanol–water partition coefficient (Wildman–Crippen LogP) is 3.29. The highest BCUT2D eigenvalue weighted by Gasteiger charge is 2.23. The topological polar surface area (TPSA) is 94.1 Å². The molecular formula is C20H25N5O2S2. The van der Waals surface area contributed by atoms with Crippen LogP contribution in [0, 0.1) is 6.92 Å². The lowest BCUT2D eigenvalue weighted by Gasteiger charge is -2.18. The van der Waals surface area contributed by atoms with Crippen LogP contribution in [0.4, 0.5) is 0 Å². The van der Waals surface area contributed by atoms with E-state index in [1.165, 1.54) is 31.9 Å². The second kappa shape index (κ2) is 8.98. The van der Waals surface area contributed by atoms with E-state index >= 15 is 0 Å². The highest BCUT2D eigenvalue weighted by atomic mass is 32.2. The van der Waals surface area contributed by atoms with Gasteiger partial charge < -0.3 is 5.84 Å². The van der Waals surface area contributed by atoms with Crippen LogP contribution in [-0.4, -0.2) is 40.7 Å². The lowest BCUT2D eigenvalue weighted by molar-refractivity contribution is 0.445. The SMILES string of the molecule is CCN(CC)S(=O)(=O)c1cccc(-c2nnc(SCc3cccc(C)c3)n2N)c1. The van der Waals surface area contributed by atoms with Crippen LogP contribution < -0.4 is 5.84 Å². The average Bonchev–Trinajstić information content (AvgIpc) is 3.08. The monoisotopic (exact) mass is 431 g/mol. The van der Waals surface area contributed by atoms with Crippen LogP contribution in [0.3, 0.4) is 0 Å². The normalized spacial score (nSPS) is 11.9. The van der Waals surface area contributed by atoms with Gasteiger partial charge in [0.2, 0.25) is 15.2 Å². The molecule has 0 spiro atoms. The van der Waals surface area contributed by atoms with E-state index in [1.54, 1.807) is 24.3 Å². The molecular weight excluding hydrogens is 406 g/mol. The maximum atomic E-state index is 12.8. The smallest absolute Gasteiger partial charge is 0.243 e. The lowest BCUT2D eigenvalue weighted by atomic mass is 10.2. The molecule has 0 saturated heterocycles. The molecule has 0 aliphatic carbocycles. The number of benzene rings is 2. The fraction of sp³-hybridized carbons (Fsp3) is 0.300. The summed E-state index contributed by atoms with van der Waals surface area (Å²) in [5, 5.41) is 8.93.